The van der Waals surface area contributed by atoms with Crippen LogP contribution >= 0.6 is 15.9 Å². The molecule has 76 valence electrons. The van der Waals surface area contributed by atoms with E-state index in [4.69, 9.17) is 10.8 Å². The van der Waals surface area contributed by atoms with Crippen LogP contribution in [0.2, 0.25) is 0 Å². The molecule has 0 bridgehead atoms. The van der Waals surface area contributed by atoms with E-state index in [2.05, 4.69) is 15.9 Å². The number of aromatic carboxylic acids is 1. The average Bonchev–Trinajstić information content (AvgIpc) is 2.14. The maximum absolute atomic E-state index is 13.4. The topological polar surface area (TPSA) is 63.3 Å². The van der Waals surface area contributed by atoms with Gasteiger partial charge >= 0.3 is 5.97 Å². The van der Waals surface area contributed by atoms with Crippen molar-refractivity contribution < 1.29 is 14.3 Å². The van der Waals surface area contributed by atoms with Gasteiger partial charge in [-0.2, -0.15) is 0 Å². The van der Waals surface area contributed by atoms with Gasteiger partial charge < -0.3 is 10.8 Å². The van der Waals surface area contributed by atoms with Crippen molar-refractivity contribution in [1.82, 2.24) is 0 Å². The van der Waals surface area contributed by atoms with Gasteiger partial charge in [-0.3, -0.25) is 0 Å². The number of hydrogen-bond donors (Lipinski definition) is 2. The van der Waals surface area contributed by atoms with Crippen molar-refractivity contribution >= 4 is 27.6 Å². The summed E-state index contributed by atoms with van der Waals surface area (Å²) in [6.45, 7) is 1.81. The fraction of sp³-hybridized carbons (Fsp3) is 0.222. The van der Waals surface area contributed by atoms with Crippen LogP contribution in [-0.2, 0) is 6.42 Å². The van der Waals surface area contributed by atoms with Crippen LogP contribution in [0.5, 0.6) is 0 Å². The van der Waals surface area contributed by atoms with Gasteiger partial charge in [-0.15, -0.1) is 0 Å². The van der Waals surface area contributed by atoms with Crippen LogP contribution in [-0.4, -0.2) is 11.1 Å². The van der Waals surface area contributed by atoms with Gasteiger partial charge in [0.1, 0.15) is 0 Å². The molecule has 1 aromatic carbocycles. The summed E-state index contributed by atoms with van der Waals surface area (Å²) in [6, 6.07) is 1.38. The van der Waals surface area contributed by atoms with Crippen LogP contribution in [0.3, 0.4) is 0 Å². The minimum absolute atomic E-state index is 0.192. The van der Waals surface area contributed by atoms with E-state index in [9.17, 15) is 9.18 Å². The third-order valence-corrected chi connectivity index (χ3v) is 2.79. The fourth-order valence-electron chi connectivity index (χ4n) is 1.13. The standard InChI is InChI=1S/C9H9BrFNO2/c1-2-4-3-5(9(13)14)8(12)7(11)6(4)10/h3H,2,12H2,1H3,(H,13,14). The Bertz CT molecular complexity index is 393. The molecule has 0 spiro atoms. The Balaban J connectivity index is 3.48. The Hall–Kier alpha value is -1.10. The van der Waals surface area contributed by atoms with Crippen LogP contribution in [0.1, 0.15) is 22.8 Å². The molecule has 5 heteroatoms. The summed E-state index contributed by atoms with van der Waals surface area (Å²) < 4.78 is 13.6. The summed E-state index contributed by atoms with van der Waals surface area (Å²) in [5.41, 5.74) is 5.39. The maximum atomic E-state index is 13.4. The normalized spacial score (nSPS) is 10.2. The van der Waals surface area contributed by atoms with Gasteiger partial charge in [0.25, 0.3) is 0 Å². The van der Waals surface area contributed by atoms with Gasteiger partial charge in [0, 0.05) is 0 Å². The Kier molecular flexibility index (Phi) is 3.10. The average molecular weight is 262 g/mol. The molecular formula is C9H9BrFNO2. The first-order chi connectivity index (χ1) is 6.49. The van der Waals surface area contributed by atoms with Crippen molar-refractivity contribution in [2.24, 2.45) is 0 Å². The molecule has 0 radical (unpaired) electrons. The van der Waals surface area contributed by atoms with E-state index >= 15 is 0 Å². The molecule has 0 aliphatic heterocycles. The van der Waals surface area contributed by atoms with Crippen molar-refractivity contribution in [3.05, 3.63) is 27.5 Å². The highest BCUT2D eigenvalue weighted by atomic mass is 79.9. The number of anilines is 1. The van der Waals surface area contributed by atoms with Crippen molar-refractivity contribution in [3.63, 3.8) is 0 Å². The molecule has 0 aliphatic carbocycles. The van der Waals surface area contributed by atoms with Crippen LogP contribution in [0.25, 0.3) is 0 Å². The minimum atomic E-state index is -1.22. The molecule has 0 heterocycles. The molecular weight excluding hydrogens is 253 g/mol. The second kappa shape index (κ2) is 3.96. The zero-order chi connectivity index (χ0) is 10.9. The first kappa shape index (κ1) is 11.0. The number of benzene rings is 1. The molecule has 0 saturated heterocycles. The monoisotopic (exact) mass is 261 g/mol. The zero-order valence-electron chi connectivity index (χ0n) is 7.47. The second-order valence-corrected chi connectivity index (χ2v) is 3.58. The number of nitrogens with two attached hydrogens (primary N) is 1. The Labute approximate surface area is 88.9 Å². The molecule has 0 atom stereocenters. The highest BCUT2D eigenvalue weighted by molar-refractivity contribution is 9.10. The van der Waals surface area contributed by atoms with E-state index in [1.807, 2.05) is 0 Å². The van der Waals surface area contributed by atoms with Gasteiger partial charge in [-0.25, -0.2) is 9.18 Å². The molecule has 14 heavy (non-hydrogen) atoms. The van der Waals surface area contributed by atoms with E-state index in [0.29, 0.717) is 12.0 Å². The summed E-state index contributed by atoms with van der Waals surface area (Å²) >= 11 is 3.03. The highest BCUT2D eigenvalue weighted by Crippen LogP contribution is 2.29. The van der Waals surface area contributed by atoms with Crippen LogP contribution in [0, 0.1) is 5.82 Å². The minimum Gasteiger partial charge on any atom is -0.478 e. The molecule has 0 amide bonds. The molecule has 3 N–H and O–H groups in total. The van der Waals surface area contributed by atoms with Crippen molar-refractivity contribution in [3.8, 4) is 0 Å². The van der Waals surface area contributed by atoms with Gasteiger partial charge in [0.2, 0.25) is 0 Å². The molecule has 1 rings (SSSR count). The lowest BCUT2D eigenvalue weighted by molar-refractivity contribution is 0.0697. The van der Waals surface area contributed by atoms with Gasteiger partial charge in [-0.1, -0.05) is 6.92 Å². The molecule has 0 aliphatic rings. The number of halogens is 2. The van der Waals surface area contributed by atoms with Gasteiger partial charge in [-0.05, 0) is 34.0 Å². The van der Waals surface area contributed by atoms with Crippen molar-refractivity contribution in [1.29, 1.82) is 0 Å². The largest absolute Gasteiger partial charge is 0.478 e. The van der Waals surface area contributed by atoms with Crippen LogP contribution < -0.4 is 5.73 Å². The third-order valence-electron chi connectivity index (χ3n) is 1.93. The number of hydrogen-bond acceptors (Lipinski definition) is 2. The predicted molar refractivity (Wildman–Crippen MR) is 54.8 cm³/mol. The summed E-state index contributed by atoms with van der Waals surface area (Å²) in [4.78, 5) is 10.7. The number of aryl methyl sites for hydroxylation is 1. The second-order valence-electron chi connectivity index (χ2n) is 2.78. The first-order valence-electron chi connectivity index (χ1n) is 3.98. The summed E-state index contributed by atoms with van der Waals surface area (Å²) in [5, 5.41) is 8.74. The summed E-state index contributed by atoms with van der Waals surface area (Å²) in [5.74, 6) is -1.93. The molecule has 0 saturated carbocycles. The molecule has 0 fully saturated rings. The molecule has 1 aromatic rings. The Morgan fingerprint density at radius 1 is 1.71 bits per heavy atom. The fourth-order valence-corrected chi connectivity index (χ4v) is 1.74. The SMILES string of the molecule is CCc1cc(C(=O)O)c(N)c(F)c1Br. The Morgan fingerprint density at radius 3 is 2.71 bits per heavy atom. The lowest BCUT2D eigenvalue weighted by Gasteiger charge is -2.08. The number of carbonyl (C=O) groups is 1. The van der Waals surface area contributed by atoms with E-state index in [-0.39, 0.29) is 15.7 Å². The zero-order valence-corrected chi connectivity index (χ0v) is 9.06. The van der Waals surface area contributed by atoms with Crippen LogP contribution in [0.4, 0.5) is 10.1 Å². The van der Waals surface area contributed by atoms with Crippen molar-refractivity contribution in [2.45, 2.75) is 13.3 Å². The van der Waals surface area contributed by atoms with Crippen LogP contribution in [0.15, 0.2) is 10.5 Å². The van der Waals surface area contributed by atoms with Crippen molar-refractivity contribution in [2.75, 3.05) is 5.73 Å². The maximum Gasteiger partial charge on any atom is 0.337 e. The Morgan fingerprint density at radius 2 is 2.29 bits per heavy atom. The van der Waals surface area contributed by atoms with E-state index in [1.54, 1.807) is 6.92 Å². The van der Waals surface area contributed by atoms with E-state index < -0.39 is 11.8 Å². The predicted octanol–water partition coefficient (Wildman–Crippen LogP) is 2.43. The highest BCUT2D eigenvalue weighted by Gasteiger charge is 2.17. The molecule has 3 nitrogen and oxygen atoms in total. The first-order valence-corrected chi connectivity index (χ1v) is 4.78. The lowest BCUT2D eigenvalue weighted by atomic mass is 10.1. The lowest BCUT2D eigenvalue weighted by Crippen LogP contribution is -2.07. The molecule has 0 aromatic heterocycles. The van der Waals surface area contributed by atoms with Gasteiger partial charge in [0.15, 0.2) is 5.82 Å². The van der Waals surface area contributed by atoms with E-state index in [1.165, 1.54) is 6.07 Å². The number of carboxylic acids is 1. The third kappa shape index (κ3) is 1.72. The number of carboxylic acid groups (broad SMARTS) is 1. The van der Waals surface area contributed by atoms with Gasteiger partial charge in [0.05, 0.1) is 15.7 Å². The summed E-state index contributed by atoms with van der Waals surface area (Å²) in [6.07, 6.45) is 0.540. The molecule has 0 unspecified atom stereocenters. The quantitative estimate of drug-likeness (QED) is 0.804. The number of nitrogen functional groups attached to an aromatic ring is 1. The summed E-state index contributed by atoms with van der Waals surface area (Å²) in [7, 11) is 0. The van der Waals surface area contributed by atoms with E-state index in [0.717, 1.165) is 0 Å². The number of rotatable bonds is 2. The smallest absolute Gasteiger partial charge is 0.337 e.